The Labute approximate surface area is 238 Å². The number of hydrogen-bond donors (Lipinski definition) is 3. The van der Waals surface area contributed by atoms with Crippen molar-refractivity contribution >= 4 is 23.5 Å². The van der Waals surface area contributed by atoms with Gasteiger partial charge in [0.05, 0.1) is 11.9 Å². The van der Waals surface area contributed by atoms with E-state index >= 15 is 0 Å². The van der Waals surface area contributed by atoms with Crippen LogP contribution in [0.4, 0.5) is 0 Å². The first-order chi connectivity index (χ1) is 18.4. The minimum Gasteiger partial charge on any atom is -0.461 e. The largest absolute Gasteiger partial charge is 0.461 e. The maximum atomic E-state index is 13.5. The number of carbonyl (C=O) groups is 2. The van der Waals surface area contributed by atoms with Crippen molar-refractivity contribution in [1.29, 1.82) is 0 Å². The normalized spacial score (nSPS) is 38.8. The summed E-state index contributed by atoms with van der Waals surface area (Å²) in [7, 11) is 0. The highest BCUT2D eigenvalue weighted by Crippen LogP contribution is 2.68. The molecule has 216 valence electrons. The molecule has 2 bridgehead atoms. The molecule has 3 unspecified atom stereocenters. The molecule has 3 aliphatic rings. The zero-order chi connectivity index (χ0) is 28.6. The molecule has 3 saturated carbocycles. The summed E-state index contributed by atoms with van der Waals surface area (Å²) in [6.45, 7) is 16.1. The average Bonchev–Trinajstić information content (AvgIpc) is 3.26. The van der Waals surface area contributed by atoms with Crippen LogP contribution in [-0.4, -0.2) is 47.4 Å². The molecule has 0 radical (unpaired) electrons. The van der Waals surface area contributed by atoms with Crippen LogP contribution in [0.5, 0.6) is 0 Å². The second-order valence-corrected chi connectivity index (χ2v) is 14.2. The van der Waals surface area contributed by atoms with Crippen LogP contribution in [0, 0.1) is 34.0 Å². The summed E-state index contributed by atoms with van der Waals surface area (Å²) in [4.78, 5) is 27.9. The molecule has 0 aromatic heterocycles. The van der Waals surface area contributed by atoms with Crippen LogP contribution in [0.15, 0.2) is 41.8 Å². The number of Topliss-reactive ketones (excluding diaryl/α,β-unsaturated/α-hetero) is 1. The van der Waals surface area contributed by atoms with Crippen LogP contribution >= 0.6 is 11.8 Å². The lowest BCUT2D eigenvalue weighted by molar-refractivity contribution is -0.205. The van der Waals surface area contributed by atoms with Crippen molar-refractivity contribution in [3.63, 3.8) is 0 Å². The predicted molar refractivity (Wildman–Crippen MR) is 157 cm³/mol. The van der Waals surface area contributed by atoms with Gasteiger partial charge in [-0.1, -0.05) is 45.9 Å². The Hall–Kier alpha value is -1.67. The fourth-order valence-corrected chi connectivity index (χ4v) is 8.79. The molecule has 3 fully saturated rings. The summed E-state index contributed by atoms with van der Waals surface area (Å²) in [5.74, 6) is 0.153. The monoisotopic (exact) mass is 556 g/mol. The van der Waals surface area contributed by atoms with E-state index in [1.165, 1.54) is 11.8 Å². The molecule has 0 amide bonds. The quantitative estimate of drug-likeness (QED) is 0.220. The molecule has 0 saturated heterocycles. The molecule has 4 N–H and O–H groups in total. The summed E-state index contributed by atoms with van der Waals surface area (Å²) in [6, 6.07) is 8.25. The van der Waals surface area contributed by atoms with Crippen LogP contribution in [0.2, 0.25) is 0 Å². The molecular formula is C32H48N2O4S. The number of nitrogens with one attached hydrogen (secondary N) is 1. The van der Waals surface area contributed by atoms with Gasteiger partial charge in [-0.2, -0.15) is 0 Å². The molecule has 0 aliphatic heterocycles. The molecule has 1 aromatic carbocycles. The first-order valence-corrected chi connectivity index (χ1v) is 15.6. The Bertz CT molecular complexity index is 1080. The highest BCUT2D eigenvalue weighted by molar-refractivity contribution is 8.00. The first-order valence-electron chi connectivity index (χ1n) is 14.6. The van der Waals surface area contributed by atoms with E-state index in [4.69, 9.17) is 10.5 Å². The number of benzene rings is 1. The molecule has 39 heavy (non-hydrogen) atoms. The molecule has 3 aliphatic carbocycles. The number of nitrogens with two attached hydrogens (primary N) is 1. The number of thioether (sulfide) groups is 1. The van der Waals surface area contributed by atoms with Crippen molar-refractivity contribution in [2.24, 2.45) is 39.7 Å². The van der Waals surface area contributed by atoms with Crippen molar-refractivity contribution in [3.8, 4) is 0 Å². The van der Waals surface area contributed by atoms with Gasteiger partial charge in [-0.05, 0) is 67.6 Å². The number of aliphatic hydroxyl groups excluding tert-OH is 1. The fraction of sp³-hybridized carbons (Fsp3) is 0.688. The molecular weight excluding hydrogens is 508 g/mol. The van der Waals surface area contributed by atoms with Gasteiger partial charge in [0.15, 0.2) is 0 Å². The van der Waals surface area contributed by atoms with Crippen molar-refractivity contribution in [2.75, 3.05) is 12.3 Å². The molecule has 0 heterocycles. The van der Waals surface area contributed by atoms with E-state index in [1.54, 1.807) is 0 Å². The van der Waals surface area contributed by atoms with Crippen molar-refractivity contribution < 1.29 is 19.4 Å². The van der Waals surface area contributed by atoms with Gasteiger partial charge >= 0.3 is 5.97 Å². The third-order valence-electron chi connectivity index (χ3n) is 10.6. The maximum Gasteiger partial charge on any atom is 0.316 e. The molecule has 7 heteroatoms. The number of rotatable bonds is 9. The summed E-state index contributed by atoms with van der Waals surface area (Å²) < 4.78 is 6.37. The third kappa shape index (κ3) is 5.61. The van der Waals surface area contributed by atoms with E-state index in [0.29, 0.717) is 12.8 Å². The van der Waals surface area contributed by atoms with E-state index in [-0.39, 0.29) is 46.7 Å². The fourth-order valence-electron chi connectivity index (χ4n) is 8.03. The van der Waals surface area contributed by atoms with Crippen molar-refractivity contribution in [2.45, 2.75) is 96.4 Å². The van der Waals surface area contributed by atoms with Crippen molar-refractivity contribution in [3.05, 3.63) is 42.5 Å². The highest BCUT2D eigenvalue weighted by atomic mass is 32.2. The number of ether oxygens (including phenoxy) is 1. The van der Waals surface area contributed by atoms with E-state index < -0.39 is 23.0 Å². The van der Waals surface area contributed by atoms with Gasteiger partial charge < -0.3 is 20.9 Å². The van der Waals surface area contributed by atoms with Gasteiger partial charge in [0.1, 0.15) is 11.9 Å². The Balaban J connectivity index is 1.55. The Morgan fingerprint density at radius 1 is 1.33 bits per heavy atom. The predicted octanol–water partition coefficient (Wildman–Crippen LogP) is 5.12. The topological polar surface area (TPSA) is 102 Å². The summed E-state index contributed by atoms with van der Waals surface area (Å²) in [6.07, 6.45) is 4.40. The molecule has 6 nitrogen and oxygen atoms in total. The summed E-state index contributed by atoms with van der Waals surface area (Å²) >= 11 is 1.47. The van der Waals surface area contributed by atoms with Crippen LogP contribution in [0.1, 0.15) is 72.3 Å². The van der Waals surface area contributed by atoms with Crippen LogP contribution < -0.4 is 11.1 Å². The Kier molecular flexibility index (Phi) is 9.07. The number of ketones is 1. The molecule has 0 spiro atoms. The van der Waals surface area contributed by atoms with Gasteiger partial charge in [0.25, 0.3) is 0 Å². The number of carbonyl (C=O) groups excluding carboxylic acids is 2. The van der Waals surface area contributed by atoms with E-state index in [2.05, 4.69) is 44.8 Å². The Morgan fingerprint density at radius 2 is 2.08 bits per heavy atom. The minimum atomic E-state index is -0.657. The lowest BCUT2D eigenvalue weighted by Gasteiger charge is -2.61. The SMILES string of the molecule is C=C[C@]1(C)C[C@@H](OC(=O)CSc2cccc(CNC[C@@H](C)N)c2)[C@]2(C)C(C)CCC3(CCC(=O)C32)[C@@H](C)[C@@H]1O. The van der Waals surface area contributed by atoms with E-state index in [9.17, 15) is 14.7 Å². The third-order valence-corrected chi connectivity index (χ3v) is 11.6. The summed E-state index contributed by atoms with van der Waals surface area (Å²) in [5, 5.41) is 15.0. The molecule has 9 atom stereocenters. The minimum absolute atomic E-state index is 0.0363. The number of esters is 1. The number of hydrogen-bond acceptors (Lipinski definition) is 7. The van der Waals surface area contributed by atoms with Gasteiger partial charge in [0.2, 0.25) is 0 Å². The summed E-state index contributed by atoms with van der Waals surface area (Å²) in [5.41, 5.74) is 5.59. The lowest BCUT2D eigenvalue weighted by Crippen LogP contribution is -2.63. The maximum absolute atomic E-state index is 13.5. The highest BCUT2D eigenvalue weighted by Gasteiger charge is 2.68. The zero-order valence-corrected chi connectivity index (χ0v) is 25.2. The zero-order valence-electron chi connectivity index (χ0n) is 24.4. The second kappa shape index (κ2) is 11.7. The van der Waals surface area contributed by atoms with E-state index in [1.807, 2.05) is 32.1 Å². The average molecular weight is 557 g/mol. The van der Waals surface area contributed by atoms with E-state index in [0.717, 1.165) is 42.8 Å². The lowest BCUT2D eigenvalue weighted by atomic mass is 9.44. The standard InChI is InChI=1S/C32H48N2O4S/c1-7-30(5)16-26(38-27(36)19-39-24-10-8-9-23(15-24)18-34-17-21(3)33)31(6)20(2)11-13-32(22(4)29(30)37)14-12-25(35)28(31)32/h7-10,15,20-22,26,28-29,34,37H,1,11-14,16-19,33H2,2-6H3/t20?,21-,22+,26-,28?,29+,30-,31+,32?/m1/s1. The smallest absolute Gasteiger partial charge is 0.316 e. The molecule has 4 rings (SSSR count). The first kappa shape index (κ1) is 30.3. The van der Waals surface area contributed by atoms with Gasteiger partial charge in [-0.3, -0.25) is 9.59 Å². The molecule has 1 aromatic rings. The van der Waals surface area contributed by atoms with Crippen LogP contribution in [0.25, 0.3) is 0 Å². The Morgan fingerprint density at radius 3 is 2.77 bits per heavy atom. The van der Waals surface area contributed by atoms with Crippen LogP contribution in [0.3, 0.4) is 0 Å². The van der Waals surface area contributed by atoms with Crippen molar-refractivity contribution in [1.82, 2.24) is 5.32 Å². The second-order valence-electron chi connectivity index (χ2n) is 13.1. The van der Waals surface area contributed by atoms with Gasteiger partial charge in [0, 0.05) is 47.2 Å². The van der Waals surface area contributed by atoms with Gasteiger partial charge in [-0.15, -0.1) is 18.3 Å². The van der Waals surface area contributed by atoms with Gasteiger partial charge in [-0.25, -0.2) is 0 Å². The number of aliphatic hydroxyl groups is 1. The van der Waals surface area contributed by atoms with Crippen LogP contribution in [-0.2, 0) is 20.9 Å².